The van der Waals surface area contributed by atoms with Gasteiger partial charge in [-0.2, -0.15) is 4.73 Å². The Labute approximate surface area is 117 Å². The van der Waals surface area contributed by atoms with Crippen LogP contribution >= 0.6 is 15.9 Å². The van der Waals surface area contributed by atoms with E-state index in [4.69, 9.17) is 4.74 Å². The number of halogens is 2. The predicted octanol–water partition coefficient (Wildman–Crippen LogP) is 2.48. The van der Waals surface area contributed by atoms with Crippen LogP contribution in [-0.2, 0) is 16.0 Å². The van der Waals surface area contributed by atoms with Crippen LogP contribution in [-0.4, -0.2) is 12.6 Å². The fraction of sp³-hybridized carbons (Fsp3) is 0.231. The zero-order valence-electron chi connectivity index (χ0n) is 10.2. The molecule has 0 saturated heterocycles. The average molecular weight is 328 g/mol. The van der Waals surface area contributed by atoms with Gasteiger partial charge in [-0.1, -0.05) is 0 Å². The van der Waals surface area contributed by atoms with Crippen LogP contribution in [0.3, 0.4) is 0 Å². The number of benzene rings is 1. The minimum atomic E-state index is -0.402. The second-order valence-corrected chi connectivity index (χ2v) is 4.83. The number of carbonyl (C=O) groups is 1. The molecule has 0 N–H and O–H groups in total. The standard InChI is InChI=1S/C13H11BrFNO3/c1-8(17)19-5-4-12-13(14)11-6-10(15)3-2-9(11)7-16(12)18/h2-3,6-7H,4-5H2,1H3. The lowest BCUT2D eigenvalue weighted by Gasteiger charge is -2.09. The summed E-state index contributed by atoms with van der Waals surface area (Å²) in [4.78, 5) is 10.7. The second-order valence-electron chi connectivity index (χ2n) is 4.04. The molecule has 0 saturated carbocycles. The van der Waals surface area contributed by atoms with Crippen LogP contribution in [0.25, 0.3) is 10.8 Å². The molecule has 0 aliphatic heterocycles. The van der Waals surface area contributed by atoms with Crippen LogP contribution in [0.2, 0.25) is 0 Å². The van der Waals surface area contributed by atoms with E-state index in [1.807, 2.05) is 0 Å². The molecule has 6 heteroatoms. The molecule has 0 aliphatic rings. The SMILES string of the molecule is CC(=O)OCCc1c(Br)c2cc(F)ccc2c[n+]1[O-]. The van der Waals surface area contributed by atoms with E-state index in [0.29, 0.717) is 25.7 Å². The summed E-state index contributed by atoms with van der Waals surface area (Å²) < 4.78 is 19.3. The molecule has 1 aromatic carbocycles. The smallest absolute Gasteiger partial charge is 0.302 e. The van der Waals surface area contributed by atoms with Crippen molar-refractivity contribution in [1.82, 2.24) is 0 Å². The van der Waals surface area contributed by atoms with Crippen molar-refractivity contribution in [2.45, 2.75) is 13.3 Å². The van der Waals surface area contributed by atoms with Crippen molar-refractivity contribution in [2.75, 3.05) is 6.61 Å². The molecule has 0 spiro atoms. The molecule has 1 heterocycles. The Balaban J connectivity index is 2.40. The highest BCUT2D eigenvalue weighted by Crippen LogP contribution is 2.26. The third-order valence-electron chi connectivity index (χ3n) is 2.67. The van der Waals surface area contributed by atoms with Crippen molar-refractivity contribution in [3.63, 3.8) is 0 Å². The summed E-state index contributed by atoms with van der Waals surface area (Å²) in [7, 11) is 0. The lowest BCUT2D eigenvalue weighted by molar-refractivity contribution is -0.613. The van der Waals surface area contributed by atoms with Crippen molar-refractivity contribution >= 4 is 32.7 Å². The van der Waals surface area contributed by atoms with E-state index in [0.717, 1.165) is 0 Å². The molecule has 0 atom stereocenters. The van der Waals surface area contributed by atoms with E-state index in [2.05, 4.69) is 15.9 Å². The van der Waals surface area contributed by atoms with E-state index in [9.17, 15) is 14.4 Å². The Morgan fingerprint density at radius 1 is 1.53 bits per heavy atom. The Morgan fingerprint density at radius 3 is 2.95 bits per heavy atom. The highest BCUT2D eigenvalue weighted by Gasteiger charge is 2.16. The van der Waals surface area contributed by atoms with Gasteiger partial charge in [0.2, 0.25) is 5.69 Å². The zero-order valence-corrected chi connectivity index (χ0v) is 11.7. The van der Waals surface area contributed by atoms with Gasteiger partial charge in [0.25, 0.3) is 0 Å². The summed E-state index contributed by atoms with van der Waals surface area (Å²) in [6.07, 6.45) is 1.64. The largest absolute Gasteiger partial charge is 0.618 e. The fourth-order valence-electron chi connectivity index (χ4n) is 1.80. The maximum Gasteiger partial charge on any atom is 0.302 e. The third-order valence-corrected chi connectivity index (χ3v) is 3.56. The van der Waals surface area contributed by atoms with Crippen LogP contribution in [0.1, 0.15) is 12.6 Å². The minimum absolute atomic E-state index is 0.108. The normalized spacial score (nSPS) is 10.7. The van der Waals surface area contributed by atoms with Gasteiger partial charge in [-0.15, -0.1) is 0 Å². The maximum atomic E-state index is 13.2. The number of hydrogen-bond donors (Lipinski definition) is 0. The number of carbonyl (C=O) groups excluding carboxylic acids is 1. The van der Waals surface area contributed by atoms with Crippen LogP contribution in [0.4, 0.5) is 4.39 Å². The van der Waals surface area contributed by atoms with E-state index in [1.54, 1.807) is 6.07 Å². The van der Waals surface area contributed by atoms with Gasteiger partial charge in [-0.3, -0.25) is 4.79 Å². The molecule has 100 valence electrons. The molecule has 0 fully saturated rings. The molecule has 0 aliphatic carbocycles. The van der Waals surface area contributed by atoms with Gasteiger partial charge in [0.15, 0.2) is 6.20 Å². The number of nitrogens with zero attached hydrogens (tertiary/aromatic N) is 1. The summed E-state index contributed by atoms with van der Waals surface area (Å²) in [6, 6.07) is 4.20. The van der Waals surface area contributed by atoms with Gasteiger partial charge in [0.1, 0.15) is 12.4 Å². The van der Waals surface area contributed by atoms with Crippen molar-refractivity contribution < 1.29 is 18.7 Å². The van der Waals surface area contributed by atoms with E-state index < -0.39 is 5.97 Å². The van der Waals surface area contributed by atoms with Gasteiger partial charge in [-0.25, -0.2) is 4.39 Å². The number of pyridine rings is 1. The Bertz CT molecular complexity index is 645. The molecule has 0 unspecified atom stereocenters. The molecular formula is C13H11BrFNO3. The molecule has 2 rings (SSSR count). The molecule has 1 aromatic heterocycles. The van der Waals surface area contributed by atoms with Crippen LogP contribution < -0.4 is 4.73 Å². The topological polar surface area (TPSA) is 53.2 Å². The highest BCUT2D eigenvalue weighted by molar-refractivity contribution is 9.10. The fourth-order valence-corrected chi connectivity index (χ4v) is 2.52. The molecule has 0 bridgehead atoms. The Hall–Kier alpha value is -1.69. The predicted molar refractivity (Wildman–Crippen MR) is 70.9 cm³/mol. The van der Waals surface area contributed by atoms with Gasteiger partial charge in [0.05, 0.1) is 10.9 Å². The summed E-state index contributed by atoms with van der Waals surface area (Å²) in [5.74, 6) is -0.775. The Morgan fingerprint density at radius 2 is 2.26 bits per heavy atom. The zero-order chi connectivity index (χ0) is 14.0. The van der Waals surface area contributed by atoms with Gasteiger partial charge >= 0.3 is 5.97 Å². The van der Waals surface area contributed by atoms with Crippen molar-refractivity contribution in [3.8, 4) is 0 Å². The number of aromatic nitrogens is 1. The monoisotopic (exact) mass is 327 g/mol. The number of ether oxygens (including phenoxy) is 1. The van der Waals surface area contributed by atoms with E-state index in [1.165, 1.54) is 25.3 Å². The minimum Gasteiger partial charge on any atom is -0.618 e. The number of rotatable bonds is 3. The average Bonchev–Trinajstić information content (AvgIpc) is 2.34. The van der Waals surface area contributed by atoms with Gasteiger partial charge < -0.3 is 9.94 Å². The maximum absolute atomic E-state index is 13.2. The van der Waals surface area contributed by atoms with Gasteiger partial charge in [-0.05, 0) is 34.1 Å². The highest BCUT2D eigenvalue weighted by atomic mass is 79.9. The first-order chi connectivity index (χ1) is 8.99. The second kappa shape index (κ2) is 5.52. The first-order valence-electron chi connectivity index (χ1n) is 5.62. The first kappa shape index (κ1) is 13.7. The number of esters is 1. The summed E-state index contributed by atoms with van der Waals surface area (Å²) in [5, 5.41) is 13.1. The lowest BCUT2D eigenvalue weighted by atomic mass is 10.1. The number of hydrogen-bond acceptors (Lipinski definition) is 3. The van der Waals surface area contributed by atoms with Crippen molar-refractivity contribution in [3.05, 3.63) is 45.6 Å². The lowest BCUT2D eigenvalue weighted by Crippen LogP contribution is -2.33. The van der Waals surface area contributed by atoms with E-state index in [-0.39, 0.29) is 18.8 Å². The number of fused-ring (bicyclic) bond motifs is 1. The molecular weight excluding hydrogens is 317 g/mol. The van der Waals surface area contributed by atoms with Crippen molar-refractivity contribution in [1.29, 1.82) is 0 Å². The quantitative estimate of drug-likeness (QED) is 0.494. The molecule has 0 radical (unpaired) electrons. The summed E-state index contributed by atoms with van der Waals surface area (Å²) >= 11 is 3.31. The van der Waals surface area contributed by atoms with E-state index >= 15 is 0 Å². The third kappa shape index (κ3) is 3.01. The van der Waals surface area contributed by atoms with Crippen molar-refractivity contribution in [2.24, 2.45) is 0 Å². The molecule has 19 heavy (non-hydrogen) atoms. The summed E-state index contributed by atoms with van der Waals surface area (Å²) in [6.45, 7) is 1.41. The summed E-state index contributed by atoms with van der Waals surface area (Å²) in [5.41, 5.74) is 0.402. The Kier molecular flexibility index (Phi) is 3.99. The molecule has 2 aromatic rings. The molecule has 4 nitrogen and oxygen atoms in total. The molecule has 0 amide bonds. The first-order valence-corrected chi connectivity index (χ1v) is 6.41. The van der Waals surface area contributed by atoms with Crippen LogP contribution in [0.5, 0.6) is 0 Å². The van der Waals surface area contributed by atoms with Crippen LogP contribution in [0.15, 0.2) is 28.9 Å². The van der Waals surface area contributed by atoms with Crippen LogP contribution in [0, 0.1) is 11.0 Å². The van der Waals surface area contributed by atoms with Gasteiger partial charge in [0, 0.05) is 17.7 Å².